The van der Waals surface area contributed by atoms with E-state index in [1.165, 1.54) is 10.4 Å². The minimum atomic E-state index is -0.405. The van der Waals surface area contributed by atoms with Crippen LogP contribution in [0.2, 0.25) is 0 Å². The Morgan fingerprint density at radius 1 is 1.31 bits per heavy atom. The van der Waals surface area contributed by atoms with Crippen molar-refractivity contribution in [3.05, 3.63) is 58.6 Å². The number of aliphatic hydroxyl groups excluding tert-OH is 1. The fourth-order valence-corrected chi connectivity index (χ4v) is 4.88. The molecule has 2 N–H and O–H groups in total. The molecular formula is C27H38N4O4S. The van der Waals surface area contributed by atoms with Crippen LogP contribution < -0.4 is 5.32 Å². The van der Waals surface area contributed by atoms with Gasteiger partial charge in [0.05, 0.1) is 33.8 Å². The van der Waals surface area contributed by atoms with Crippen molar-refractivity contribution in [2.75, 3.05) is 6.54 Å². The topological polar surface area (TPSA) is 109 Å². The first-order valence-corrected chi connectivity index (χ1v) is 13.3. The molecule has 1 saturated heterocycles. The second-order valence-corrected chi connectivity index (χ2v) is 9.38. The molecule has 1 fully saturated rings. The number of aryl methyl sites for hydroxylation is 2. The number of carbonyl (C=O) groups is 2. The number of aliphatic hydroxyl groups is 1. The Kier molecular flexibility index (Phi) is 11.8. The first-order valence-electron chi connectivity index (χ1n) is 12.4. The van der Waals surface area contributed by atoms with E-state index >= 15 is 0 Å². The summed E-state index contributed by atoms with van der Waals surface area (Å²) in [7, 11) is 0. The second kappa shape index (κ2) is 14.5. The Balaban J connectivity index is 0.000000239. The zero-order chi connectivity index (χ0) is 26.7. The van der Waals surface area contributed by atoms with Gasteiger partial charge in [-0.3, -0.25) is 9.59 Å². The van der Waals surface area contributed by atoms with E-state index in [2.05, 4.69) is 27.6 Å². The summed E-state index contributed by atoms with van der Waals surface area (Å²) in [5.41, 5.74) is 5.97. The van der Waals surface area contributed by atoms with E-state index in [0.29, 0.717) is 38.1 Å². The molecule has 1 aromatic carbocycles. The van der Waals surface area contributed by atoms with E-state index in [1.54, 1.807) is 16.2 Å². The van der Waals surface area contributed by atoms with Crippen molar-refractivity contribution in [1.29, 1.82) is 0 Å². The molecule has 0 aliphatic carbocycles. The smallest absolute Gasteiger partial charge is 0.233 e. The van der Waals surface area contributed by atoms with Crippen LogP contribution in [0.15, 0.2) is 40.4 Å². The lowest BCUT2D eigenvalue weighted by Gasteiger charge is -2.24. The van der Waals surface area contributed by atoms with Crippen LogP contribution in [0.5, 0.6) is 0 Å². The summed E-state index contributed by atoms with van der Waals surface area (Å²) in [6.07, 6.45) is 1.63. The third-order valence-corrected chi connectivity index (χ3v) is 6.86. The summed E-state index contributed by atoms with van der Waals surface area (Å²) in [6.45, 7) is 12.8. The maximum Gasteiger partial charge on any atom is 0.233 e. The predicted molar refractivity (Wildman–Crippen MR) is 143 cm³/mol. The van der Waals surface area contributed by atoms with Gasteiger partial charge in [0.1, 0.15) is 5.76 Å². The van der Waals surface area contributed by atoms with Gasteiger partial charge >= 0.3 is 0 Å². The lowest BCUT2D eigenvalue weighted by Crippen LogP contribution is -2.37. The van der Waals surface area contributed by atoms with Gasteiger partial charge in [0.2, 0.25) is 12.3 Å². The van der Waals surface area contributed by atoms with Crippen molar-refractivity contribution in [2.45, 2.75) is 79.0 Å². The second-order valence-electron chi connectivity index (χ2n) is 8.52. The van der Waals surface area contributed by atoms with Crippen LogP contribution in [0.3, 0.4) is 0 Å². The van der Waals surface area contributed by atoms with Crippen molar-refractivity contribution in [3.8, 4) is 10.4 Å². The van der Waals surface area contributed by atoms with Gasteiger partial charge in [-0.1, -0.05) is 50.2 Å². The van der Waals surface area contributed by atoms with Crippen molar-refractivity contribution in [1.82, 2.24) is 20.4 Å². The molecule has 2 amide bonds. The number of nitrogens with one attached hydrogen (secondary N) is 1. The molecular weight excluding hydrogens is 476 g/mol. The zero-order valence-electron chi connectivity index (χ0n) is 22.0. The molecule has 0 bridgehead atoms. The molecule has 0 spiro atoms. The molecule has 2 aromatic heterocycles. The molecule has 3 aromatic rings. The van der Waals surface area contributed by atoms with E-state index in [0.717, 1.165) is 17.0 Å². The quantitative estimate of drug-likeness (QED) is 0.437. The van der Waals surface area contributed by atoms with Gasteiger partial charge in [-0.2, -0.15) is 0 Å². The first kappa shape index (κ1) is 29.2. The van der Waals surface area contributed by atoms with E-state index in [1.807, 2.05) is 65.3 Å². The van der Waals surface area contributed by atoms with E-state index < -0.39 is 6.10 Å². The molecule has 8 nitrogen and oxygen atoms in total. The molecule has 0 saturated carbocycles. The van der Waals surface area contributed by atoms with Crippen LogP contribution in [0.4, 0.5) is 0 Å². The van der Waals surface area contributed by atoms with Gasteiger partial charge < -0.3 is 19.8 Å². The highest BCUT2D eigenvalue weighted by Gasteiger charge is 2.36. The molecule has 0 radical (unpaired) electrons. The van der Waals surface area contributed by atoms with Gasteiger partial charge in [0.15, 0.2) is 0 Å². The Morgan fingerprint density at radius 3 is 2.47 bits per heavy atom. The summed E-state index contributed by atoms with van der Waals surface area (Å²) >= 11 is 1.64. The lowest BCUT2D eigenvalue weighted by atomic mass is 10.0. The number of benzene rings is 1. The number of amides is 2. The van der Waals surface area contributed by atoms with Crippen LogP contribution in [0, 0.1) is 13.8 Å². The van der Waals surface area contributed by atoms with Crippen molar-refractivity contribution < 1.29 is 19.2 Å². The van der Waals surface area contributed by atoms with Crippen LogP contribution in [0.1, 0.15) is 69.2 Å². The minimum absolute atomic E-state index is 0.0256. The number of nitrogens with zero attached hydrogens (tertiary/aromatic N) is 3. The van der Waals surface area contributed by atoms with Gasteiger partial charge in [-0.05, 0) is 44.7 Å². The van der Waals surface area contributed by atoms with Crippen LogP contribution >= 0.6 is 11.3 Å². The Bertz CT molecular complexity index is 1080. The van der Waals surface area contributed by atoms with Gasteiger partial charge in [-0.15, -0.1) is 11.3 Å². The van der Waals surface area contributed by atoms with Crippen LogP contribution in [-0.2, 0) is 16.1 Å². The summed E-state index contributed by atoms with van der Waals surface area (Å²) in [6, 6.07) is 10.1. The third kappa shape index (κ3) is 7.73. The highest BCUT2D eigenvalue weighted by Crippen LogP contribution is 2.28. The molecule has 1 aliphatic heterocycles. The maximum atomic E-state index is 12.5. The zero-order valence-corrected chi connectivity index (χ0v) is 22.8. The van der Waals surface area contributed by atoms with Gasteiger partial charge in [0, 0.05) is 25.2 Å². The summed E-state index contributed by atoms with van der Waals surface area (Å²) in [5.74, 6) is 0.352. The third-order valence-electron chi connectivity index (χ3n) is 5.88. The normalized spacial score (nSPS) is 17.4. The van der Waals surface area contributed by atoms with E-state index in [4.69, 9.17) is 4.52 Å². The average Bonchev–Trinajstić information content (AvgIpc) is 3.60. The predicted octanol–water partition coefficient (Wildman–Crippen LogP) is 4.85. The number of aromatic nitrogens is 2. The maximum absolute atomic E-state index is 12.5. The number of carbonyl (C=O) groups excluding carboxylic acids is 2. The number of likely N-dealkylation sites (tertiary alicyclic amines) is 1. The van der Waals surface area contributed by atoms with Crippen molar-refractivity contribution in [2.24, 2.45) is 0 Å². The monoisotopic (exact) mass is 514 g/mol. The SMILES string of the molecule is CC.CCC(C(=O)N1CC(O)CC1C)c1cc(C)no1.Cc1ncsc1-c1ccc(CNC=O)cc1. The number of hydrogen-bond donors (Lipinski definition) is 2. The number of rotatable bonds is 7. The molecule has 9 heteroatoms. The van der Waals surface area contributed by atoms with E-state index in [-0.39, 0.29) is 17.9 Å². The van der Waals surface area contributed by atoms with E-state index in [9.17, 15) is 14.7 Å². The molecule has 3 unspecified atom stereocenters. The van der Waals surface area contributed by atoms with Crippen molar-refractivity contribution in [3.63, 3.8) is 0 Å². The lowest BCUT2D eigenvalue weighted by molar-refractivity contribution is -0.134. The fraction of sp³-hybridized carbons (Fsp3) is 0.481. The standard InChI is InChI=1S/C13H20N2O3.C12H12N2OS.C2H6/c1-4-11(12-5-8(2)14-18-12)13(17)15-7-10(16)6-9(15)3;1-9-12(16-8-14-9)11-4-2-10(3-5-11)6-13-7-15;1-2/h5,9-11,16H,4,6-7H2,1-3H3;2-5,7-8H,6H2,1H3,(H,13,15);1-2H3. The molecule has 36 heavy (non-hydrogen) atoms. The molecule has 1 aliphatic rings. The fourth-order valence-electron chi connectivity index (χ4n) is 4.07. The Morgan fingerprint density at radius 2 is 2.00 bits per heavy atom. The summed E-state index contributed by atoms with van der Waals surface area (Å²) < 4.78 is 5.20. The summed E-state index contributed by atoms with van der Waals surface area (Å²) in [4.78, 5) is 29.8. The molecule has 196 valence electrons. The molecule has 3 atom stereocenters. The van der Waals surface area contributed by atoms with Gasteiger partial charge in [-0.25, -0.2) is 4.98 Å². The summed E-state index contributed by atoms with van der Waals surface area (Å²) in [5, 5.41) is 16.1. The highest BCUT2D eigenvalue weighted by molar-refractivity contribution is 7.13. The number of thiazole rings is 1. The van der Waals surface area contributed by atoms with Crippen LogP contribution in [0.25, 0.3) is 10.4 Å². The largest absolute Gasteiger partial charge is 0.391 e. The Labute approximate surface area is 217 Å². The average molecular weight is 515 g/mol. The highest BCUT2D eigenvalue weighted by atomic mass is 32.1. The Hall–Kier alpha value is -3.04. The number of β-amino-alcohol motifs (C(OH)–C–C–N with tert-alkyl or cyclic N) is 1. The molecule has 4 rings (SSSR count). The minimum Gasteiger partial charge on any atom is -0.391 e. The molecule has 3 heterocycles. The van der Waals surface area contributed by atoms with Crippen LogP contribution in [-0.4, -0.2) is 51.2 Å². The van der Waals surface area contributed by atoms with Crippen molar-refractivity contribution >= 4 is 23.7 Å². The van der Waals surface area contributed by atoms with Gasteiger partial charge in [0.25, 0.3) is 0 Å². The first-order chi connectivity index (χ1) is 17.3. The number of hydrogen-bond acceptors (Lipinski definition) is 7.